The van der Waals surface area contributed by atoms with Crippen LogP contribution in [0.3, 0.4) is 0 Å². The third kappa shape index (κ3) is 5.43. The van der Waals surface area contributed by atoms with E-state index in [2.05, 4.69) is 23.5 Å². The fourth-order valence-electron chi connectivity index (χ4n) is 4.12. The van der Waals surface area contributed by atoms with Gasteiger partial charge in [0.25, 0.3) is 5.91 Å². The Bertz CT molecular complexity index is 773. The number of sulfonamides is 1. The highest BCUT2D eigenvalue weighted by atomic mass is 32.2. The van der Waals surface area contributed by atoms with Gasteiger partial charge in [0.1, 0.15) is 0 Å². The van der Waals surface area contributed by atoms with Gasteiger partial charge >= 0.3 is 0 Å². The van der Waals surface area contributed by atoms with E-state index in [1.54, 1.807) is 24.3 Å². The fourth-order valence-corrected chi connectivity index (χ4v) is 4.68. The molecule has 27 heavy (non-hydrogen) atoms. The fraction of sp³-hybridized carbons (Fsp3) is 0.632. The van der Waals surface area contributed by atoms with Crippen molar-refractivity contribution in [2.24, 2.45) is 0 Å². The van der Waals surface area contributed by atoms with E-state index in [1.807, 2.05) is 4.90 Å². The van der Waals surface area contributed by atoms with Crippen LogP contribution in [0.15, 0.2) is 24.3 Å². The topological polar surface area (TPSA) is 79.0 Å². The Balaban J connectivity index is 1.69. The van der Waals surface area contributed by atoms with Crippen LogP contribution in [0.4, 0.5) is 5.69 Å². The van der Waals surface area contributed by atoms with Gasteiger partial charge in [-0.3, -0.25) is 14.4 Å². The molecule has 0 spiro atoms. The van der Waals surface area contributed by atoms with Crippen molar-refractivity contribution < 1.29 is 17.9 Å². The Morgan fingerprint density at radius 2 is 1.96 bits per heavy atom. The molecular formula is C19H29N3O4S. The van der Waals surface area contributed by atoms with Crippen molar-refractivity contribution in [2.45, 2.75) is 44.9 Å². The van der Waals surface area contributed by atoms with Crippen molar-refractivity contribution in [3.8, 4) is 0 Å². The highest BCUT2D eigenvalue weighted by Crippen LogP contribution is 2.24. The molecule has 3 atom stereocenters. The zero-order valence-corrected chi connectivity index (χ0v) is 17.0. The number of hydrogen-bond donors (Lipinski definition) is 1. The number of likely N-dealkylation sites (tertiary alicyclic amines) is 1. The van der Waals surface area contributed by atoms with Gasteiger partial charge in [0, 0.05) is 43.5 Å². The van der Waals surface area contributed by atoms with Crippen molar-refractivity contribution >= 4 is 21.6 Å². The number of nitrogens with zero attached hydrogens (tertiary/aromatic N) is 2. The lowest BCUT2D eigenvalue weighted by Gasteiger charge is -2.38. The van der Waals surface area contributed by atoms with E-state index in [1.165, 1.54) is 0 Å². The minimum atomic E-state index is -3.37. The maximum atomic E-state index is 13.1. The smallest absolute Gasteiger partial charge is 0.254 e. The van der Waals surface area contributed by atoms with Crippen LogP contribution in [0.2, 0.25) is 0 Å². The quantitative estimate of drug-likeness (QED) is 0.822. The average Bonchev–Trinajstić information content (AvgIpc) is 3.00. The third-order valence-corrected chi connectivity index (χ3v) is 5.62. The summed E-state index contributed by atoms with van der Waals surface area (Å²) in [5.41, 5.74) is 0.925. The molecule has 3 unspecified atom stereocenters. The Kier molecular flexibility index (Phi) is 6.08. The van der Waals surface area contributed by atoms with Gasteiger partial charge in [-0.1, -0.05) is 6.07 Å². The molecule has 0 saturated carbocycles. The minimum Gasteiger partial charge on any atom is -0.373 e. The Hall–Kier alpha value is -1.64. The number of nitrogens with one attached hydrogen (secondary N) is 1. The molecule has 0 aliphatic carbocycles. The lowest BCUT2D eigenvalue weighted by molar-refractivity contribution is -0.0715. The lowest BCUT2D eigenvalue weighted by atomic mass is 10.1. The molecule has 0 radical (unpaired) electrons. The van der Waals surface area contributed by atoms with Crippen molar-refractivity contribution in [1.82, 2.24) is 9.80 Å². The highest BCUT2D eigenvalue weighted by molar-refractivity contribution is 7.92. The standard InChI is InChI=1S/C19H29N3O4S/c1-14-11-21(12-15(2)26-14)13-18-8-5-9-22(18)19(23)16-6-4-7-17(10-16)20-27(3,24)25/h4,6-7,10,14-15,18,20H,5,8-9,11-13H2,1-3H3. The number of morpholine rings is 1. The van der Waals surface area contributed by atoms with Crippen molar-refractivity contribution in [1.29, 1.82) is 0 Å². The zero-order valence-electron chi connectivity index (χ0n) is 16.2. The molecule has 3 rings (SSSR count). The monoisotopic (exact) mass is 395 g/mol. The molecule has 1 N–H and O–H groups in total. The molecule has 2 saturated heterocycles. The molecule has 0 bridgehead atoms. The Morgan fingerprint density at radius 3 is 2.63 bits per heavy atom. The minimum absolute atomic E-state index is 0.0380. The first-order valence-electron chi connectivity index (χ1n) is 9.48. The van der Waals surface area contributed by atoms with Crippen LogP contribution in [-0.4, -0.2) is 74.8 Å². The summed E-state index contributed by atoms with van der Waals surface area (Å²) < 4.78 is 31.1. The molecule has 1 aromatic rings. The Labute approximate surface area is 161 Å². The normalized spacial score (nSPS) is 26.9. The summed E-state index contributed by atoms with van der Waals surface area (Å²) in [6.45, 7) is 7.53. The molecule has 8 heteroatoms. The van der Waals surface area contributed by atoms with E-state index >= 15 is 0 Å². The number of amides is 1. The molecule has 2 fully saturated rings. The summed E-state index contributed by atoms with van der Waals surface area (Å²) in [5, 5.41) is 0. The van der Waals surface area contributed by atoms with Gasteiger partial charge in [0.15, 0.2) is 0 Å². The van der Waals surface area contributed by atoms with Gasteiger partial charge in [-0.15, -0.1) is 0 Å². The van der Waals surface area contributed by atoms with Gasteiger partial charge in [-0.25, -0.2) is 8.42 Å². The lowest BCUT2D eigenvalue weighted by Crippen LogP contribution is -2.50. The van der Waals surface area contributed by atoms with E-state index in [0.717, 1.165) is 45.3 Å². The highest BCUT2D eigenvalue weighted by Gasteiger charge is 2.33. The SMILES string of the molecule is CC1CN(CC2CCCN2C(=O)c2cccc(NS(C)(=O)=O)c2)CC(C)O1. The van der Waals surface area contributed by atoms with Crippen molar-refractivity contribution in [3.63, 3.8) is 0 Å². The molecule has 1 aromatic carbocycles. The maximum absolute atomic E-state index is 13.1. The second-order valence-corrected chi connectivity index (χ2v) is 9.47. The number of carbonyl (C=O) groups is 1. The molecular weight excluding hydrogens is 366 g/mol. The van der Waals surface area contributed by atoms with Crippen LogP contribution in [0.1, 0.15) is 37.0 Å². The number of hydrogen-bond acceptors (Lipinski definition) is 5. The first kappa shape index (κ1) is 20.1. The first-order chi connectivity index (χ1) is 12.7. The largest absolute Gasteiger partial charge is 0.373 e. The molecule has 2 heterocycles. The molecule has 1 amide bonds. The summed E-state index contributed by atoms with van der Waals surface area (Å²) in [7, 11) is -3.37. The van der Waals surface area contributed by atoms with E-state index in [0.29, 0.717) is 11.3 Å². The molecule has 150 valence electrons. The van der Waals surface area contributed by atoms with Gasteiger partial charge in [-0.2, -0.15) is 0 Å². The number of ether oxygens (including phenoxy) is 1. The van der Waals surface area contributed by atoms with Gasteiger partial charge in [0.2, 0.25) is 10.0 Å². The van der Waals surface area contributed by atoms with Crippen LogP contribution in [0, 0.1) is 0 Å². The van der Waals surface area contributed by atoms with E-state index in [9.17, 15) is 13.2 Å². The number of rotatable bonds is 5. The number of anilines is 1. The van der Waals surface area contributed by atoms with E-state index in [-0.39, 0.29) is 24.2 Å². The number of carbonyl (C=O) groups excluding carboxylic acids is 1. The molecule has 2 aliphatic heterocycles. The van der Waals surface area contributed by atoms with Gasteiger partial charge in [0.05, 0.1) is 18.5 Å². The number of benzene rings is 1. The summed E-state index contributed by atoms with van der Waals surface area (Å²) in [6, 6.07) is 6.89. The predicted molar refractivity (Wildman–Crippen MR) is 105 cm³/mol. The van der Waals surface area contributed by atoms with Crippen molar-refractivity contribution in [3.05, 3.63) is 29.8 Å². The van der Waals surface area contributed by atoms with Crippen LogP contribution in [0.25, 0.3) is 0 Å². The van der Waals surface area contributed by atoms with E-state index in [4.69, 9.17) is 4.74 Å². The summed E-state index contributed by atoms with van der Waals surface area (Å²) in [6.07, 6.45) is 3.50. The molecule has 2 aliphatic rings. The molecule has 0 aromatic heterocycles. The van der Waals surface area contributed by atoms with Crippen molar-refractivity contribution in [2.75, 3.05) is 37.2 Å². The zero-order chi connectivity index (χ0) is 19.6. The Morgan fingerprint density at radius 1 is 1.26 bits per heavy atom. The predicted octanol–water partition coefficient (Wildman–Crippen LogP) is 1.77. The average molecular weight is 396 g/mol. The van der Waals surface area contributed by atoms with E-state index < -0.39 is 10.0 Å². The van der Waals surface area contributed by atoms with Crippen LogP contribution >= 0.6 is 0 Å². The summed E-state index contributed by atoms with van der Waals surface area (Å²) >= 11 is 0. The second-order valence-electron chi connectivity index (χ2n) is 7.73. The van der Waals surface area contributed by atoms with Gasteiger partial charge < -0.3 is 9.64 Å². The second kappa shape index (κ2) is 8.16. The third-order valence-electron chi connectivity index (χ3n) is 5.01. The van der Waals surface area contributed by atoms with Gasteiger partial charge in [-0.05, 0) is 44.9 Å². The maximum Gasteiger partial charge on any atom is 0.254 e. The summed E-state index contributed by atoms with van der Waals surface area (Å²) in [5.74, 6) is -0.0380. The molecule has 7 nitrogen and oxygen atoms in total. The first-order valence-corrected chi connectivity index (χ1v) is 11.4. The summed E-state index contributed by atoms with van der Waals surface area (Å²) in [4.78, 5) is 17.4. The van der Waals surface area contributed by atoms with Crippen LogP contribution in [-0.2, 0) is 14.8 Å². The van der Waals surface area contributed by atoms with Crippen LogP contribution < -0.4 is 4.72 Å². The van der Waals surface area contributed by atoms with Crippen LogP contribution in [0.5, 0.6) is 0 Å².